The lowest BCUT2D eigenvalue weighted by molar-refractivity contribution is -0.154. The molecular formula is C17H23NO4. The van der Waals surface area contributed by atoms with E-state index in [9.17, 15) is 9.59 Å². The third-order valence-electron chi connectivity index (χ3n) is 4.33. The SMILES string of the molecule is Cc1ccc([C@@H]2OCCC[C@@H]2C(=O)N(C)[C@H](C)C(=O)O)cc1. The number of aliphatic carboxylic acids is 1. The average molecular weight is 305 g/mol. The van der Waals surface area contributed by atoms with Crippen molar-refractivity contribution in [1.82, 2.24) is 4.90 Å². The number of rotatable bonds is 4. The molecule has 22 heavy (non-hydrogen) atoms. The summed E-state index contributed by atoms with van der Waals surface area (Å²) < 4.78 is 5.83. The third kappa shape index (κ3) is 3.47. The van der Waals surface area contributed by atoms with Gasteiger partial charge in [0.15, 0.2) is 0 Å². The summed E-state index contributed by atoms with van der Waals surface area (Å²) in [5.41, 5.74) is 2.12. The first-order chi connectivity index (χ1) is 10.4. The number of likely N-dealkylation sites (N-methyl/N-ethyl adjacent to an activating group) is 1. The first kappa shape index (κ1) is 16.5. The molecule has 0 spiro atoms. The Labute approximate surface area is 130 Å². The molecule has 2 rings (SSSR count). The molecule has 1 heterocycles. The number of amides is 1. The molecule has 1 aromatic rings. The van der Waals surface area contributed by atoms with Gasteiger partial charge in [-0.3, -0.25) is 4.79 Å². The molecule has 0 bridgehead atoms. The van der Waals surface area contributed by atoms with Crippen LogP contribution >= 0.6 is 0 Å². The third-order valence-corrected chi connectivity index (χ3v) is 4.33. The Bertz CT molecular complexity index is 540. The molecule has 0 aliphatic carbocycles. The van der Waals surface area contributed by atoms with Crippen molar-refractivity contribution in [2.45, 2.75) is 38.8 Å². The normalized spacial score (nSPS) is 22.9. The molecule has 1 aromatic carbocycles. The van der Waals surface area contributed by atoms with Crippen molar-refractivity contribution in [3.8, 4) is 0 Å². The number of hydrogen-bond acceptors (Lipinski definition) is 3. The molecule has 0 unspecified atom stereocenters. The number of ether oxygens (including phenoxy) is 1. The van der Waals surface area contributed by atoms with Crippen LogP contribution in [0, 0.1) is 12.8 Å². The molecule has 1 saturated heterocycles. The fraction of sp³-hybridized carbons (Fsp3) is 0.529. The van der Waals surface area contributed by atoms with Gasteiger partial charge in [-0.25, -0.2) is 4.79 Å². The van der Waals surface area contributed by atoms with E-state index in [1.54, 1.807) is 7.05 Å². The van der Waals surface area contributed by atoms with E-state index in [-0.39, 0.29) is 17.9 Å². The number of aryl methyl sites for hydroxylation is 1. The Hall–Kier alpha value is -1.88. The number of carboxylic acid groups (broad SMARTS) is 1. The Morgan fingerprint density at radius 2 is 1.95 bits per heavy atom. The molecule has 0 saturated carbocycles. The van der Waals surface area contributed by atoms with Gasteiger partial charge in [-0.2, -0.15) is 0 Å². The van der Waals surface area contributed by atoms with Gasteiger partial charge in [-0.15, -0.1) is 0 Å². The highest BCUT2D eigenvalue weighted by atomic mass is 16.5. The summed E-state index contributed by atoms with van der Waals surface area (Å²) in [7, 11) is 1.54. The summed E-state index contributed by atoms with van der Waals surface area (Å²) in [5.74, 6) is -1.50. The van der Waals surface area contributed by atoms with Gasteiger partial charge in [0.05, 0.1) is 12.0 Å². The molecule has 1 amide bonds. The zero-order valence-corrected chi connectivity index (χ0v) is 13.3. The van der Waals surface area contributed by atoms with Crippen LogP contribution in [0.15, 0.2) is 24.3 Å². The predicted molar refractivity (Wildman–Crippen MR) is 82.5 cm³/mol. The van der Waals surface area contributed by atoms with Crippen LogP contribution in [0.4, 0.5) is 0 Å². The zero-order chi connectivity index (χ0) is 16.3. The Balaban J connectivity index is 2.20. The lowest BCUT2D eigenvalue weighted by Crippen LogP contribution is -2.45. The number of benzene rings is 1. The van der Waals surface area contributed by atoms with Gasteiger partial charge in [-0.1, -0.05) is 29.8 Å². The average Bonchev–Trinajstić information content (AvgIpc) is 2.53. The number of carbonyl (C=O) groups is 2. The van der Waals surface area contributed by atoms with E-state index >= 15 is 0 Å². The van der Waals surface area contributed by atoms with Gasteiger partial charge in [0.25, 0.3) is 0 Å². The van der Waals surface area contributed by atoms with Crippen LogP contribution in [0.2, 0.25) is 0 Å². The van der Waals surface area contributed by atoms with E-state index in [2.05, 4.69) is 0 Å². The van der Waals surface area contributed by atoms with E-state index in [0.717, 1.165) is 17.5 Å². The summed E-state index contributed by atoms with van der Waals surface area (Å²) in [5, 5.41) is 9.09. The van der Waals surface area contributed by atoms with E-state index in [1.807, 2.05) is 31.2 Å². The number of hydrogen-bond donors (Lipinski definition) is 1. The largest absolute Gasteiger partial charge is 0.480 e. The quantitative estimate of drug-likeness (QED) is 0.927. The van der Waals surface area contributed by atoms with E-state index in [0.29, 0.717) is 13.0 Å². The highest BCUT2D eigenvalue weighted by Crippen LogP contribution is 2.35. The molecule has 1 aliphatic rings. The molecule has 0 radical (unpaired) electrons. The minimum absolute atomic E-state index is 0.167. The maximum absolute atomic E-state index is 12.7. The fourth-order valence-corrected chi connectivity index (χ4v) is 2.74. The van der Waals surface area contributed by atoms with Crippen LogP contribution in [0.3, 0.4) is 0 Å². The van der Waals surface area contributed by atoms with E-state index in [1.165, 1.54) is 11.8 Å². The molecule has 1 aliphatic heterocycles. The highest BCUT2D eigenvalue weighted by Gasteiger charge is 2.36. The lowest BCUT2D eigenvalue weighted by atomic mass is 9.88. The monoisotopic (exact) mass is 305 g/mol. The minimum Gasteiger partial charge on any atom is -0.480 e. The van der Waals surface area contributed by atoms with Gasteiger partial charge < -0.3 is 14.7 Å². The maximum atomic E-state index is 12.7. The van der Waals surface area contributed by atoms with Crippen molar-refractivity contribution in [1.29, 1.82) is 0 Å². The van der Waals surface area contributed by atoms with Crippen LogP contribution in [-0.2, 0) is 14.3 Å². The smallest absolute Gasteiger partial charge is 0.326 e. The summed E-state index contributed by atoms with van der Waals surface area (Å²) in [6.07, 6.45) is 1.23. The van der Waals surface area contributed by atoms with Crippen molar-refractivity contribution in [3.05, 3.63) is 35.4 Å². The topological polar surface area (TPSA) is 66.8 Å². The second-order valence-electron chi connectivity index (χ2n) is 5.91. The van der Waals surface area contributed by atoms with Crippen LogP contribution in [0.5, 0.6) is 0 Å². The first-order valence-electron chi connectivity index (χ1n) is 7.59. The molecule has 5 nitrogen and oxygen atoms in total. The minimum atomic E-state index is -1.00. The van der Waals surface area contributed by atoms with Gasteiger partial charge in [0.1, 0.15) is 6.04 Å². The maximum Gasteiger partial charge on any atom is 0.326 e. The predicted octanol–water partition coefficient (Wildman–Crippen LogP) is 2.39. The lowest BCUT2D eigenvalue weighted by Gasteiger charge is -2.34. The van der Waals surface area contributed by atoms with Crippen LogP contribution in [-0.4, -0.2) is 41.6 Å². The molecule has 0 aromatic heterocycles. The molecular weight excluding hydrogens is 282 g/mol. The molecule has 3 atom stereocenters. The van der Waals surface area contributed by atoms with E-state index < -0.39 is 12.0 Å². The number of carbonyl (C=O) groups excluding carboxylic acids is 1. The van der Waals surface area contributed by atoms with Crippen molar-refractivity contribution in [2.24, 2.45) is 5.92 Å². The Morgan fingerprint density at radius 3 is 2.55 bits per heavy atom. The summed E-state index contributed by atoms with van der Waals surface area (Å²) in [6, 6.07) is 7.11. The highest BCUT2D eigenvalue weighted by molar-refractivity contribution is 5.85. The van der Waals surface area contributed by atoms with Crippen LogP contribution in [0.1, 0.15) is 37.0 Å². The van der Waals surface area contributed by atoms with Crippen molar-refractivity contribution in [2.75, 3.05) is 13.7 Å². The second-order valence-corrected chi connectivity index (χ2v) is 5.91. The fourth-order valence-electron chi connectivity index (χ4n) is 2.74. The summed E-state index contributed by atoms with van der Waals surface area (Å²) >= 11 is 0. The van der Waals surface area contributed by atoms with Crippen molar-refractivity contribution < 1.29 is 19.4 Å². The van der Waals surface area contributed by atoms with Gasteiger partial charge in [0.2, 0.25) is 5.91 Å². The standard InChI is InChI=1S/C17H23NO4/c1-11-6-8-13(9-7-11)15-14(5-4-10-22-15)16(19)18(3)12(2)17(20)21/h6-9,12,14-15H,4-5,10H2,1-3H3,(H,20,21)/t12-,14+,15+/m1/s1. The second kappa shape index (κ2) is 6.92. The van der Waals surface area contributed by atoms with E-state index in [4.69, 9.17) is 9.84 Å². The van der Waals surface area contributed by atoms with Gasteiger partial charge in [0, 0.05) is 13.7 Å². The molecule has 1 fully saturated rings. The zero-order valence-electron chi connectivity index (χ0n) is 13.3. The number of carboxylic acids is 1. The number of nitrogens with zero attached hydrogens (tertiary/aromatic N) is 1. The molecule has 5 heteroatoms. The Morgan fingerprint density at radius 1 is 1.32 bits per heavy atom. The summed E-state index contributed by atoms with van der Waals surface area (Å²) in [6.45, 7) is 4.15. The van der Waals surface area contributed by atoms with Crippen LogP contribution < -0.4 is 0 Å². The van der Waals surface area contributed by atoms with Crippen LogP contribution in [0.25, 0.3) is 0 Å². The Kier molecular flexibility index (Phi) is 5.19. The van der Waals surface area contributed by atoms with Gasteiger partial charge in [-0.05, 0) is 32.3 Å². The first-order valence-corrected chi connectivity index (χ1v) is 7.59. The van der Waals surface area contributed by atoms with Crippen molar-refractivity contribution >= 4 is 11.9 Å². The van der Waals surface area contributed by atoms with Gasteiger partial charge >= 0.3 is 5.97 Å². The molecule has 1 N–H and O–H groups in total. The summed E-state index contributed by atoms with van der Waals surface area (Å²) in [4.78, 5) is 25.1. The van der Waals surface area contributed by atoms with Crippen molar-refractivity contribution in [3.63, 3.8) is 0 Å². The molecule has 120 valence electrons.